The van der Waals surface area contributed by atoms with Gasteiger partial charge in [0.05, 0.1) is 0 Å². The molecule has 0 spiro atoms. The van der Waals surface area contributed by atoms with Crippen LogP contribution in [-0.4, -0.2) is 21.1 Å². The Labute approximate surface area is 80.8 Å². The van der Waals surface area contributed by atoms with E-state index in [-0.39, 0.29) is 0 Å². The predicted octanol–water partition coefficient (Wildman–Crippen LogP) is 3.16. The molecule has 68 valence electrons. The van der Waals surface area contributed by atoms with Gasteiger partial charge in [-0.25, -0.2) is 0 Å². The summed E-state index contributed by atoms with van der Waals surface area (Å²) < 4.78 is 6.53. The molecule has 1 saturated heterocycles. The fraction of sp³-hybridized carbons (Fsp3) is 0.700. The molecular formula is C10H19AlO. The molecule has 0 amide bonds. The highest BCUT2D eigenvalue weighted by atomic mass is 27.2. The Morgan fingerprint density at radius 3 is 2.17 bits per heavy atom. The maximum absolute atomic E-state index is 5.68. The molecule has 0 unspecified atom stereocenters. The normalized spacial score (nSPS) is 16.4. The lowest BCUT2D eigenvalue weighted by atomic mass is 10.4. The van der Waals surface area contributed by atoms with Gasteiger partial charge in [0.1, 0.15) is 0 Å². The molecule has 1 rings (SSSR count). The molecule has 0 bridgehead atoms. The Bertz CT molecular complexity index is 131. The lowest BCUT2D eigenvalue weighted by Crippen LogP contribution is -2.25. The first-order valence-electron chi connectivity index (χ1n) is 4.63. The van der Waals surface area contributed by atoms with E-state index in [0.717, 1.165) is 11.4 Å². The van der Waals surface area contributed by atoms with Gasteiger partial charge in [0.25, 0.3) is 0 Å². The van der Waals surface area contributed by atoms with Crippen LogP contribution < -0.4 is 0 Å². The summed E-state index contributed by atoms with van der Waals surface area (Å²) in [7, 11) is 0. The first kappa shape index (κ1) is 12.0. The minimum atomic E-state index is -0.699. The minimum absolute atomic E-state index is 0.699. The lowest BCUT2D eigenvalue weighted by Gasteiger charge is -2.20. The van der Waals surface area contributed by atoms with E-state index in [9.17, 15) is 0 Å². The van der Waals surface area contributed by atoms with E-state index in [1.54, 1.807) is 0 Å². The van der Waals surface area contributed by atoms with Crippen LogP contribution in [0.4, 0.5) is 0 Å². The number of rotatable bonds is 1. The summed E-state index contributed by atoms with van der Waals surface area (Å²) >= 11 is -0.699. The van der Waals surface area contributed by atoms with Crippen molar-refractivity contribution < 1.29 is 3.79 Å². The smallest absolute Gasteiger partial charge is 0.463 e. The molecule has 12 heavy (non-hydrogen) atoms. The van der Waals surface area contributed by atoms with Crippen molar-refractivity contribution in [2.24, 2.45) is 0 Å². The zero-order chi connectivity index (χ0) is 9.40. The molecule has 1 aliphatic heterocycles. The summed E-state index contributed by atoms with van der Waals surface area (Å²) in [6.07, 6.45) is 2.73. The second kappa shape index (κ2) is 7.65. The fourth-order valence-corrected chi connectivity index (χ4v) is 3.67. The molecule has 1 fully saturated rings. The standard InChI is InChI=1S/C4H8O.C3H7.C3H4.Al/c1-2-3-4-5;2*1-3-2;/h1-4H2;3H,1-2H3;1-2H2;/q-1;;;+1. The largest absolute Gasteiger partial charge is 0.500 e. The molecule has 2 heteroatoms. The maximum Gasteiger partial charge on any atom is 0.463 e. The molecule has 0 aromatic rings. The van der Waals surface area contributed by atoms with Crippen molar-refractivity contribution in [2.45, 2.75) is 36.8 Å². The van der Waals surface area contributed by atoms with Crippen LogP contribution in [0, 0.1) is 0 Å². The van der Waals surface area contributed by atoms with Gasteiger partial charge in [-0.3, -0.25) is 0 Å². The Morgan fingerprint density at radius 2 is 1.92 bits per heavy atom. The van der Waals surface area contributed by atoms with Gasteiger partial charge in [-0.15, -0.1) is 5.73 Å². The van der Waals surface area contributed by atoms with Gasteiger partial charge in [-0.05, 0) is 6.42 Å². The third-order valence-corrected chi connectivity index (χ3v) is 5.09. The summed E-state index contributed by atoms with van der Waals surface area (Å²) in [5.74, 6) is 0. The highest BCUT2D eigenvalue weighted by Gasteiger charge is 2.26. The van der Waals surface area contributed by atoms with Crippen molar-refractivity contribution in [2.75, 3.05) is 6.61 Å². The monoisotopic (exact) mass is 182 g/mol. The number of hydrogen-bond acceptors (Lipinski definition) is 1. The average Bonchev–Trinajstić information content (AvgIpc) is 2.07. The van der Waals surface area contributed by atoms with Gasteiger partial charge in [0.15, 0.2) is 0 Å². The van der Waals surface area contributed by atoms with E-state index in [4.69, 9.17) is 3.79 Å². The van der Waals surface area contributed by atoms with Crippen LogP contribution in [0.1, 0.15) is 26.7 Å². The highest BCUT2D eigenvalue weighted by Crippen LogP contribution is 2.19. The first-order chi connectivity index (χ1) is 5.72. The van der Waals surface area contributed by atoms with Gasteiger partial charge in [-0.2, -0.15) is 0 Å². The second-order valence-corrected chi connectivity index (χ2v) is 6.72. The third kappa shape index (κ3) is 5.64. The highest BCUT2D eigenvalue weighted by molar-refractivity contribution is 6.53. The van der Waals surface area contributed by atoms with Crippen molar-refractivity contribution in [1.29, 1.82) is 0 Å². The topological polar surface area (TPSA) is 9.23 Å². The van der Waals surface area contributed by atoms with Crippen LogP contribution in [0.2, 0.25) is 10.1 Å². The summed E-state index contributed by atoms with van der Waals surface area (Å²) in [6, 6.07) is 0. The summed E-state index contributed by atoms with van der Waals surface area (Å²) in [6.45, 7) is 11.9. The zero-order valence-electron chi connectivity index (χ0n) is 8.31. The van der Waals surface area contributed by atoms with Crippen LogP contribution in [-0.2, 0) is 3.79 Å². The van der Waals surface area contributed by atoms with Crippen molar-refractivity contribution in [3.63, 3.8) is 0 Å². The van der Waals surface area contributed by atoms with Crippen LogP contribution in [0.25, 0.3) is 0 Å². The summed E-state index contributed by atoms with van der Waals surface area (Å²) in [5.41, 5.74) is 2.25. The van der Waals surface area contributed by atoms with Crippen LogP contribution >= 0.6 is 0 Å². The Balaban J connectivity index is 0.000000354. The Morgan fingerprint density at radius 1 is 1.33 bits per heavy atom. The molecule has 0 atom stereocenters. The summed E-state index contributed by atoms with van der Waals surface area (Å²) in [5, 5.41) is 1.41. The van der Waals surface area contributed by atoms with Gasteiger partial charge in [0.2, 0.25) is 0 Å². The third-order valence-electron chi connectivity index (χ3n) is 1.96. The van der Waals surface area contributed by atoms with E-state index >= 15 is 0 Å². The Kier molecular flexibility index (Phi) is 7.66. The molecule has 1 nitrogen and oxygen atoms in total. The van der Waals surface area contributed by atoms with Gasteiger partial charge in [0, 0.05) is 6.61 Å². The van der Waals surface area contributed by atoms with Crippen molar-refractivity contribution in [3.05, 3.63) is 18.9 Å². The predicted molar refractivity (Wildman–Crippen MR) is 55.6 cm³/mol. The zero-order valence-corrected chi connectivity index (χ0v) is 9.46. The van der Waals surface area contributed by atoms with Gasteiger partial charge < -0.3 is 3.79 Å². The van der Waals surface area contributed by atoms with Gasteiger partial charge in [-0.1, -0.05) is 43.5 Å². The van der Waals surface area contributed by atoms with E-state index in [0.29, 0.717) is 0 Å². The molecular weight excluding hydrogens is 163 g/mol. The van der Waals surface area contributed by atoms with E-state index in [2.05, 4.69) is 32.7 Å². The molecule has 0 N–H and O–H groups in total. The van der Waals surface area contributed by atoms with E-state index < -0.39 is 14.5 Å². The molecule has 1 heterocycles. The average molecular weight is 182 g/mol. The van der Waals surface area contributed by atoms with Crippen LogP contribution in [0.3, 0.4) is 0 Å². The molecule has 0 aromatic carbocycles. The van der Waals surface area contributed by atoms with E-state index in [1.165, 1.54) is 18.1 Å². The molecule has 0 radical (unpaired) electrons. The SMILES string of the molecule is C=C=C.C[CH](C)[Al]1[CH2]CCC[O]1. The van der Waals surface area contributed by atoms with Crippen molar-refractivity contribution in [1.82, 2.24) is 0 Å². The maximum atomic E-state index is 5.68. The van der Waals surface area contributed by atoms with Crippen molar-refractivity contribution in [3.8, 4) is 0 Å². The molecule has 0 aromatic heterocycles. The van der Waals surface area contributed by atoms with Crippen LogP contribution in [0.5, 0.6) is 0 Å². The van der Waals surface area contributed by atoms with Crippen molar-refractivity contribution >= 4 is 14.5 Å². The minimum Gasteiger partial charge on any atom is -0.500 e. The number of hydrogen-bond donors (Lipinski definition) is 0. The fourth-order valence-electron chi connectivity index (χ4n) is 1.29. The quantitative estimate of drug-likeness (QED) is 0.447. The summed E-state index contributed by atoms with van der Waals surface area (Å²) in [4.78, 5) is 0. The molecule has 0 aliphatic carbocycles. The Hall–Kier alpha value is 0.0125. The van der Waals surface area contributed by atoms with E-state index in [1.807, 2.05) is 0 Å². The van der Waals surface area contributed by atoms with Gasteiger partial charge >= 0.3 is 14.5 Å². The first-order valence-corrected chi connectivity index (χ1v) is 6.58. The second-order valence-electron chi connectivity index (χ2n) is 3.40. The molecule has 1 aliphatic rings. The van der Waals surface area contributed by atoms with Crippen LogP contribution in [0.15, 0.2) is 18.9 Å². The molecule has 0 saturated carbocycles. The lowest BCUT2D eigenvalue weighted by molar-refractivity contribution is 0.281.